The fraction of sp³-hybridized carbons (Fsp3) is 0.800. The van der Waals surface area contributed by atoms with Crippen molar-refractivity contribution < 1.29 is 32.2 Å². The molecule has 1 unspecified atom stereocenters. The van der Waals surface area contributed by atoms with Gasteiger partial charge in [0, 0.05) is 6.54 Å². The highest BCUT2D eigenvalue weighted by Gasteiger charge is 2.38. The van der Waals surface area contributed by atoms with Crippen molar-refractivity contribution in [2.75, 3.05) is 19.8 Å². The van der Waals surface area contributed by atoms with Gasteiger partial charge in [0.15, 0.2) is 6.61 Å². The zero-order chi connectivity index (χ0) is 13.8. The summed E-state index contributed by atoms with van der Waals surface area (Å²) in [6.07, 6.45) is -4.80. The Morgan fingerprint density at radius 3 is 2.56 bits per heavy atom. The summed E-state index contributed by atoms with van der Waals surface area (Å²) < 4.78 is 44.5. The number of rotatable bonds is 3. The largest absolute Gasteiger partial charge is 0.464 e. The lowest BCUT2D eigenvalue weighted by molar-refractivity contribution is -0.163. The van der Waals surface area contributed by atoms with Crippen LogP contribution in [-0.2, 0) is 14.3 Å². The normalized spacial score (nSPS) is 19.8. The predicted octanol–water partition coefficient (Wildman–Crippen LogP) is 1.71. The summed E-state index contributed by atoms with van der Waals surface area (Å²) >= 11 is 0. The highest BCUT2D eigenvalue weighted by Crippen LogP contribution is 2.21. The number of hydrogen-bond donors (Lipinski definition) is 0. The van der Waals surface area contributed by atoms with Gasteiger partial charge in [0.05, 0.1) is 6.61 Å². The van der Waals surface area contributed by atoms with Crippen LogP contribution in [0.5, 0.6) is 0 Å². The lowest BCUT2D eigenvalue weighted by Crippen LogP contribution is -2.42. The molecule has 0 N–H and O–H groups in total. The van der Waals surface area contributed by atoms with Crippen LogP contribution in [0.25, 0.3) is 0 Å². The summed E-state index contributed by atoms with van der Waals surface area (Å²) in [5, 5.41) is 0. The molecule has 8 heteroatoms. The second-order valence-corrected chi connectivity index (χ2v) is 3.77. The molecule has 1 aliphatic heterocycles. The van der Waals surface area contributed by atoms with E-state index in [1.807, 2.05) is 0 Å². The maximum Gasteiger partial charge on any atom is 0.422 e. The molecule has 5 nitrogen and oxygen atoms in total. The molecule has 0 radical (unpaired) electrons. The quantitative estimate of drug-likeness (QED) is 0.732. The van der Waals surface area contributed by atoms with E-state index in [1.54, 1.807) is 6.92 Å². The van der Waals surface area contributed by atoms with Gasteiger partial charge < -0.3 is 9.47 Å². The molecule has 0 aromatic rings. The Kier molecular flexibility index (Phi) is 4.80. The highest BCUT2D eigenvalue weighted by molar-refractivity contribution is 5.82. The first-order valence-electron chi connectivity index (χ1n) is 5.52. The molecule has 0 aromatic carbocycles. The SMILES string of the molecule is CCOC(=O)C1CCCN1C(=O)OCC(F)(F)F. The minimum absolute atomic E-state index is 0.154. The monoisotopic (exact) mass is 269 g/mol. The van der Waals surface area contributed by atoms with E-state index in [9.17, 15) is 22.8 Å². The van der Waals surface area contributed by atoms with Crippen LogP contribution < -0.4 is 0 Å². The number of ether oxygens (including phenoxy) is 2. The predicted molar refractivity (Wildman–Crippen MR) is 53.8 cm³/mol. The molecule has 104 valence electrons. The van der Waals surface area contributed by atoms with Crippen molar-refractivity contribution >= 4 is 12.1 Å². The first kappa shape index (κ1) is 14.6. The Balaban J connectivity index is 2.53. The highest BCUT2D eigenvalue weighted by atomic mass is 19.4. The number of likely N-dealkylation sites (tertiary alicyclic amines) is 1. The molecule has 0 spiro atoms. The molecule has 0 saturated carbocycles. The number of carbonyl (C=O) groups is 2. The molecule has 1 atom stereocenters. The van der Waals surface area contributed by atoms with Crippen LogP contribution in [0.4, 0.5) is 18.0 Å². The molecular formula is C10H14F3NO4. The van der Waals surface area contributed by atoms with Crippen LogP contribution in [0, 0.1) is 0 Å². The third-order valence-electron chi connectivity index (χ3n) is 2.41. The van der Waals surface area contributed by atoms with Crippen molar-refractivity contribution in [3.05, 3.63) is 0 Å². The van der Waals surface area contributed by atoms with Crippen molar-refractivity contribution in [2.45, 2.75) is 32.0 Å². The molecule has 1 saturated heterocycles. The van der Waals surface area contributed by atoms with Gasteiger partial charge in [0.25, 0.3) is 0 Å². The van der Waals surface area contributed by atoms with Crippen molar-refractivity contribution in [3.8, 4) is 0 Å². The molecule has 18 heavy (non-hydrogen) atoms. The molecule has 1 rings (SSSR count). The fourth-order valence-electron chi connectivity index (χ4n) is 1.70. The van der Waals surface area contributed by atoms with Crippen LogP contribution in [0.3, 0.4) is 0 Å². The van der Waals surface area contributed by atoms with Crippen LogP contribution in [0.1, 0.15) is 19.8 Å². The van der Waals surface area contributed by atoms with Gasteiger partial charge in [0.2, 0.25) is 0 Å². The fourth-order valence-corrected chi connectivity index (χ4v) is 1.70. The Bertz CT molecular complexity index is 319. The minimum Gasteiger partial charge on any atom is -0.464 e. The molecule has 0 aromatic heterocycles. The third-order valence-corrected chi connectivity index (χ3v) is 2.41. The molecule has 1 amide bonds. The van der Waals surface area contributed by atoms with E-state index >= 15 is 0 Å². The Morgan fingerprint density at radius 1 is 1.33 bits per heavy atom. The van der Waals surface area contributed by atoms with Gasteiger partial charge in [-0.25, -0.2) is 9.59 Å². The summed E-state index contributed by atoms with van der Waals surface area (Å²) in [5.41, 5.74) is 0. The van der Waals surface area contributed by atoms with Gasteiger partial charge in [-0.15, -0.1) is 0 Å². The van der Waals surface area contributed by atoms with Crippen molar-refractivity contribution in [1.29, 1.82) is 0 Å². The summed E-state index contributed by atoms with van der Waals surface area (Å²) in [7, 11) is 0. The second-order valence-electron chi connectivity index (χ2n) is 3.77. The molecule has 0 bridgehead atoms. The van der Waals surface area contributed by atoms with Gasteiger partial charge >= 0.3 is 18.2 Å². The van der Waals surface area contributed by atoms with E-state index in [1.165, 1.54) is 0 Å². The number of amides is 1. The zero-order valence-electron chi connectivity index (χ0n) is 9.83. The van der Waals surface area contributed by atoms with E-state index in [0.29, 0.717) is 12.8 Å². The number of halogens is 3. The van der Waals surface area contributed by atoms with Crippen LogP contribution >= 0.6 is 0 Å². The van der Waals surface area contributed by atoms with Crippen molar-refractivity contribution in [3.63, 3.8) is 0 Å². The summed E-state index contributed by atoms with van der Waals surface area (Å²) in [6, 6.07) is -0.842. The van der Waals surface area contributed by atoms with E-state index in [4.69, 9.17) is 4.74 Å². The van der Waals surface area contributed by atoms with Gasteiger partial charge in [-0.2, -0.15) is 13.2 Å². The third kappa shape index (κ3) is 4.08. The molecular weight excluding hydrogens is 255 g/mol. The number of esters is 1. The zero-order valence-corrected chi connectivity index (χ0v) is 9.83. The molecule has 1 aliphatic rings. The van der Waals surface area contributed by atoms with Crippen LogP contribution in [0.15, 0.2) is 0 Å². The van der Waals surface area contributed by atoms with Gasteiger partial charge in [-0.3, -0.25) is 4.90 Å². The minimum atomic E-state index is -4.57. The van der Waals surface area contributed by atoms with Gasteiger partial charge in [-0.1, -0.05) is 0 Å². The molecule has 0 aliphatic carbocycles. The first-order chi connectivity index (χ1) is 8.35. The van der Waals surface area contributed by atoms with E-state index in [0.717, 1.165) is 4.90 Å². The van der Waals surface area contributed by atoms with Crippen LogP contribution in [0.2, 0.25) is 0 Å². The van der Waals surface area contributed by atoms with Crippen molar-refractivity contribution in [2.24, 2.45) is 0 Å². The second kappa shape index (κ2) is 5.92. The maximum atomic E-state index is 11.9. The smallest absolute Gasteiger partial charge is 0.422 e. The Labute approximate surface area is 102 Å². The number of alkyl halides is 3. The van der Waals surface area contributed by atoms with Gasteiger partial charge in [-0.05, 0) is 19.8 Å². The standard InChI is InChI=1S/C10H14F3NO4/c1-2-17-8(15)7-4-3-5-14(7)9(16)18-6-10(11,12)13/h7H,2-6H2,1H3. The van der Waals surface area contributed by atoms with Gasteiger partial charge in [0.1, 0.15) is 6.04 Å². The van der Waals surface area contributed by atoms with E-state index in [-0.39, 0.29) is 13.2 Å². The van der Waals surface area contributed by atoms with E-state index < -0.39 is 30.9 Å². The first-order valence-corrected chi connectivity index (χ1v) is 5.52. The maximum absolute atomic E-state index is 11.9. The summed E-state index contributed by atoms with van der Waals surface area (Å²) in [4.78, 5) is 23.9. The number of carbonyl (C=O) groups excluding carboxylic acids is 2. The average molecular weight is 269 g/mol. The molecule has 1 heterocycles. The van der Waals surface area contributed by atoms with Crippen molar-refractivity contribution in [1.82, 2.24) is 4.90 Å². The average Bonchev–Trinajstić information content (AvgIpc) is 2.74. The van der Waals surface area contributed by atoms with E-state index in [2.05, 4.69) is 4.74 Å². The molecule has 1 fully saturated rings. The topological polar surface area (TPSA) is 55.8 Å². The Morgan fingerprint density at radius 2 is 2.00 bits per heavy atom. The lowest BCUT2D eigenvalue weighted by atomic mass is 10.2. The number of nitrogens with zero attached hydrogens (tertiary/aromatic N) is 1. The summed E-state index contributed by atoms with van der Waals surface area (Å²) in [6.45, 7) is 0.304. The summed E-state index contributed by atoms with van der Waals surface area (Å²) in [5.74, 6) is -0.612. The van der Waals surface area contributed by atoms with Crippen LogP contribution in [-0.4, -0.2) is 48.9 Å². The Hall–Kier alpha value is -1.47. The number of hydrogen-bond acceptors (Lipinski definition) is 4. The lowest BCUT2D eigenvalue weighted by Gasteiger charge is -2.22.